The summed E-state index contributed by atoms with van der Waals surface area (Å²) in [4.78, 5) is 49.4. The molecule has 0 saturated heterocycles. The molecule has 4 aromatic rings. The summed E-state index contributed by atoms with van der Waals surface area (Å²) >= 11 is 0. The van der Waals surface area contributed by atoms with Gasteiger partial charge in [0.1, 0.15) is 16.7 Å². The van der Waals surface area contributed by atoms with Crippen LogP contribution in [0.15, 0.2) is 70.3 Å². The lowest BCUT2D eigenvalue weighted by atomic mass is 9.90. The minimum atomic E-state index is -1.16. The number of fused-ring (bicyclic) bond motifs is 2. The van der Waals surface area contributed by atoms with Crippen molar-refractivity contribution in [3.05, 3.63) is 82.7 Å². The molecule has 0 fully saturated rings. The van der Waals surface area contributed by atoms with Crippen LogP contribution in [0.4, 0.5) is 11.4 Å². The first-order valence-electron chi connectivity index (χ1n) is 15.2. The number of ether oxygens (including phenoxy) is 1. The standard InChI is InChI=1S/C34H41N5O5/c1-6-27-24(10-8-15-35-27)23-37(18-19-38-17-13-30-26(31(38)40)14-21-44-30)16-9-20-43-25-11-12-28-29(22-25)36(5)32(41)34(3,4)33(42)39(28)7-2/h8,10-15,17,21-22H,6-7,9,16,18-20,23H2,1-5H3. The van der Waals surface area contributed by atoms with Gasteiger partial charge in [-0.15, -0.1) is 0 Å². The molecule has 10 nitrogen and oxygen atoms in total. The Bertz CT molecular complexity index is 1710. The van der Waals surface area contributed by atoms with Crippen molar-refractivity contribution < 1.29 is 18.7 Å². The van der Waals surface area contributed by atoms with Gasteiger partial charge in [-0.3, -0.25) is 24.3 Å². The summed E-state index contributed by atoms with van der Waals surface area (Å²) in [5.41, 5.74) is 2.96. The maximum absolute atomic E-state index is 13.2. The highest BCUT2D eigenvalue weighted by molar-refractivity contribution is 6.20. The van der Waals surface area contributed by atoms with E-state index in [0.717, 1.165) is 25.1 Å². The maximum atomic E-state index is 13.2. The quantitative estimate of drug-likeness (QED) is 0.169. The number of aromatic nitrogens is 2. The number of carbonyl (C=O) groups is 2. The number of hydrogen-bond donors (Lipinski definition) is 0. The Morgan fingerprint density at radius 3 is 2.59 bits per heavy atom. The predicted octanol–water partition coefficient (Wildman–Crippen LogP) is 4.88. The molecule has 0 radical (unpaired) electrons. The molecule has 0 unspecified atom stereocenters. The Kier molecular flexibility index (Phi) is 9.20. The normalized spacial score (nSPS) is 14.8. The number of pyridine rings is 2. The number of aryl methyl sites for hydroxylation is 1. The van der Waals surface area contributed by atoms with Gasteiger partial charge in [-0.1, -0.05) is 13.0 Å². The second kappa shape index (κ2) is 13.1. The Balaban J connectivity index is 1.27. The Labute approximate surface area is 257 Å². The van der Waals surface area contributed by atoms with Gasteiger partial charge in [0.25, 0.3) is 5.56 Å². The number of furan rings is 1. The van der Waals surface area contributed by atoms with Gasteiger partial charge in [-0.2, -0.15) is 0 Å². The number of carbonyl (C=O) groups excluding carboxylic acids is 2. The van der Waals surface area contributed by atoms with Crippen molar-refractivity contribution in [2.45, 2.75) is 53.6 Å². The highest BCUT2D eigenvalue weighted by Crippen LogP contribution is 2.40. The molecule has 0 saturated carbocycles. The number of benzene rings is 1. The van der Waals surface area contributed by atoms with Crippen LogP contribution in [-0.4, -0.2) is 59.6 Å². The molecule has 1 aliphatic heterocycles. The molecule has 232 valence electrons. The third kappa shape index (κ3) is 6.12. The van der Waals surface area contributed by atoms with Gasteiger partial charge >= 0.3 is 0 Å². The van der Waals surface area contributed by atoms with Gasteiger partial charge in [-0.25, -0.2) is 0 Å². The zero-order chi connectivity index (χ0) is 31.4. The van der Waals surface area contributed by atoms with Crippen molar-refractivity contribution in [1.29, 1.82) is 0 Å². The first-order valence-corrected chi connectivity index (χ1v) is 15.2. The van der Waals surface area contributed by atoms with Crippen molar-refractivity contribution in [1.82, 2.24) is 14.5 Å². The average molecular weight is 600 g/mol. The van der Waals surface area contributed by atoms with Gasteiger partial charge in [0.15, 0.2) is 0 Å². The van der Waals surface area contributed by atoms with Gasteiger partial charge in [0.05, 0.1) is 29.6 Å². The average Bonchev–Trinajstić information content (AvgIpc) is 3.51. The molecule has 1 aliphatic rings. The van der Waals surface area contributed by atoms with Crippen LogP contribution < -0.4 is 20.1 Å². The molecule has 10 heteroatoms. The van der Waals surface area contributed by atoms with Crippen LogP contribution in [0.1, 0.15) is 45.4 Å². The van der Waals surface area contributed by atoms with Crippen LogP contribution in [0.5, 0.6) is 5.75 Å². The number of rotatable bonds is 12. The smallest absolute Gasteiger partial charge is 0.261 e. The molecule has 0 spiro atoms. The highest BCUT2D eigenvalue weighted by atomic mass is 16.5. The minimum Gasteiger partial charge on any atom is -0.493 e. The van der Waals surface area contributed by atoms with Crippen LogP contribution in [0.2, 0.25) is 0 Å². The van der Waals surface area contributed by atoms with Crippen molar-refractivity contribution in [3.8, 4) is 5.75 Å². The van der Waals surface area contributed by atoms with E-state index in [0.29, 0.717) is 60.9 Å². The highest BCUT2D eigenvalue weighted by Gasteiger charge is 2.45. The lowest BCUT2D eigenvalue weighted by molar-refractivity contribution is -0.137. The van der Waals surface area contributed by atoms with E-state index in [2.05, 4.69) is 22.9 Å². The maximum Gasteiger partial charge on any atom is 0.261 e. The largest absolute Gasteiger partial charge is 0.493 e. The van der Waals surface area contributed by atoms with Gasteiger partial charge < -0.3 is 23.5 Å². The molecule has 0 atom stereocenters. The summed E-state index contributed by atoms with van der Waals surface area (Å²) in [6, 6.07) is 13.1. The zero-order valence-corrected chi connectivity index (χ0v) is 26.2. The number of amides is 2. The molecule has 2 amide bonds. The Hall–Kier alpha value is -4.44. The summed E-state index contributed by atoms with van der Waals surface area (Å²) in [5.74, 6) is 0.176. The van der Waals surface area contributed by atoms with Crippen LogP contribution in [-0.2, 0) is 29.1 Å². The van der Waals surface area contributed by atoms with E-state index in [9.17, 15) is 14.4 Å². The van der Waals surface area contributed by atoms with E-state index in [-0.39, 0.29) is 17.4 Å². The molecule has 0 aliphatic carbocycles. The molecule has 3 aromatic heterocycles. The van der Waals surface area contributed by atoms with Crippen LogP contribution in [0, 0.1) is 5.41 Å². The summed E-state index contributed by atoms with van der Waals surface area (Å²) in [5, 5.41) is 0.580. The number of anilines is 2. The van der Waals surface area contributed by atoms with E-state index >= 15 is 0 Å². The summed E-state index contributed by atoms with van der Waals surface area (Å²) in [6.45, 7) is 10.9. The fourth-order valence-electron chi connectivity index (χ4n) is 5.83. The lowest BCUT2D eigenvalue weighted by Crippen LogP contribution is -2.47. The lowest BCUT2D eigenvalue weighted by Gasteiger charge is -2.27. The third-order valence-electron chi connectivity index (χ3n) is 8.38. The SMILES string of the molecule is CCc1ncccc1CN(CCCOc1ccc2c(c1)N(C)C(=O)C(C)(C)C(=O)N2CC)CCn1ccc2occc2c1=O. The first-order chi connectivity index (χ1) is 21.1. The van der Waals surface area contributed by atoms with Crippen molar-refractivity contribution in [3.63, 3.8) is 0 Å². The molecule has 0 bridgehead atoms. The van der Waals surface area contributed by atoms with E-state index in [1.165, 1.54) is 11.8 Å². The van der Waals surface area contributed by atoms with Crippen molar-refractivity contribution >= 4 is 34.2 Å². The monoisotopic (exact) mass is 599 g/mol. The molecular formula is C34H41N5O5. The number of nitrogens with zero attached hydrogens (tertiary/aromatic N) is 5. The summed E-state index contributed by atoms with van der Waals surface area (Å²) in [7, 11) is 1.70. The first kappa shape index (κ1) is 31.0. The van der Waals surface area contributed by atoms with Crippen LogP contribution in [0.25, 0.3) is 11.0 Å². The minimum absolute atomic E-state index is 0.0615. The topological polar surface area (TPSA) is 101 Å². The molecule has 1 aromatic carbocycles. The molecular weight excluding hydrogens is 558 g/mol. The Morgan fingerprint density at radius 1 is 1.00 bits per heavy atom. The molecule has 4 heterocycles. The summed E-state index contributed by atoms with van der Waals surface area (Å²) in [6.07, 6.45) is 6.73. The van der Waals surface area contributed by atoms with Crippen molar-refractivity contribution in [2.24, 2.45) is 5.41 Å². The zero-order valence-electron chi connectivity index (χ0n) is 26.2. The molecule has 0 N–H and O–H groups in total. The Morgan fingerprint density at radius 2 is 1.82 bits per heavy atom. The van der Waals surface area contributed by atoms with Crippen molar-refractivity contribution in [2.75, 3.05) is 43.1 Å². The third-order valence-corrected chi connectivity index (χ3v) is 8.38. The van der Waals surface area contributed by atoms with Gasteiger partial charge in [-0.05, 0) is 69.5 Å². The van der Waals surface area contributed by atoms with E-state index in [1.54, 1.807) is 47.5 Å². The van der Waals surface area contributed by atoms with E-state index in [4.69, 9.17) is 9.15 Å². The van der Waals surface area contributed by atoms with E-state index < -0.39 is 5.41 Å². The van der Waals surface area contributed by atoms with Crippen LogP contribution >= 0.6 is 0 Å². The fourth-order valence-corrected chi connectivity index (χ4v) is 5.83. The second-order valence-corrected chi connectivity index (χ2v) is 11.6. The molecule has 5 rings (SSSR count). The van der Waals surface area contributed by atoms with Gasteiger partial charge in [0, 0.05) is 63.9 Å². The predicted molar refractivity (Wildman–Crippen MR) is 171 cm³/mol. The van der Waals surface area contributed by atoms with Gasteiger partial charge in [0.2, 0.25) is 11.8 Å². The fraction of sp³-hybridized carbons (Fsp3) is 0.412. The van der Waals surface area contributed by atoms with E-state index in [1.807, 2.05) is 43.5 Å². The summed E-state index contributed by atoms with van der Waals surface area (Å²) < 4.78 is 13.3. The molecule has 44 heavy (non-hydrogen) atoms. The van der Waals surface area contributed by atoms with Crippen LogP contribution in [0.3, 0.4) is 0 Å². The number of hydrogen-bond acceptors (Lipinski definition) is 7. The second-order valence-electron chi connectivity index (χ2n) is 11.6.